The number of nitrogens with two attached hydrogens (primary N) is 1. The summed E-state index contributed by atoms with van der Waals surface area (Å²) in [6, 6.07) is 5.30. The smallest absolute Gasteiger partial charge is 0.271 e. The van der Waals surface area contributed by atoms with E-state index in [9.17, 15) is 4.79 Å². The van der Waals surface area contributed by atoms with Crippen LogP contribution in [0.25, 0.3) is 0 Å². The molecule has 0 saturated carbocycles. The van der Waals surface area contributed by atoms with Crippen molar-refractivity contribution in [2.75, 3.05) is 5.73 Å². The second-order valence-electron chi connectivity index (χ2n) is 4.78. The summed E-state index contributed by atoms with van der Waals surface area (Å²) in [5, 5.41) is 4.04. The number of allylic oxidation sites excluding steroid dienone is 2. The Morgan fingerprint density at radius 3 is 3.05 bits per heavy atom. The first kappa shape index (κ1) is 13.3. The van der Waals surface area contributed by atoms with Crippen LogP contribution in [0.3, 0.4) is 0 Å². The van der Waals surface area contributed by atoms with Gasteiger partial charge in [0.15, 0.2) is 0 Å². The highest BCUT2D eigenvalue weighted by molar-refractivity contribution is 5.97. The fraction of sp³-hybridized carbons (Fsp3) is 0.333. The summed E-state index contributed by atoms with van der Waals surface area (Å²) in [4.78, 5) is 12.0. The van der Waals surface area contributed by atoms with Crippen molar-refractivity contribution in [2.45, 2.75) is 26.2 Å². The summed E-state index contributed by atoms with van der Waals surface area (Å²) >= 11 is 0. The molecule has 0 aliphatic heterocycles. The molecule has 100 valence electrons. The topological polar surface area (TPSA) is 67.5 Å². The molecule has 1 aromatic rings. The first-order valence-corrected chi connectivity index (χ1v) is 6.52. The predicted molar refractivity (Wildman–Crippen MR) is 78.0 cm³/mol. The molecule has 19 heavy (non-hydrogen) atoms. The molecule has 3 N–H and O–H groups in total. The number of amides is 1. The Hall–Kier alpha value is -2.10. The normalized spacial score (nSPS) is 18.7. The van der Waals surface area contributed by atoms with Gasteiger partial charge in [-0.15, -0.1) is 0 Å². The molecule has 1 aliphatic rings. The van der Waals surface area contributed by atoms with Gasteiger partial charge in [-0.1, -0.05) is 18.2 Å². The number of anilines is 1. The molecular formula is C15H19N3O. The molecule has 1 aliphatic carbocycles. The fourth-order valence-electron chi connectivity index (χ4n) is 2.11. The molecule has 1 unspecified atom stereocenters. The third-order valence-electron chi connectivity index (χ3n) is 3.38. The van der Waals surface area contributed by atoms with Crippen LogP contribution in [-0.2, 0) is 0 Å². The molecule has 0 fully saturated rings. The van der Waals surface area contributed by atoms with Gasteiger partial charge in [0.2, 0.25) is 0 Å². The van der Waals surface area contributed by atoms with E-state index in [2.05, 4.69) is 22.7 Å². The van der Waals surface area contributed by atoms with E-state index in [1.165, 1.54) is 0 Å². The summed E-state index contributed by atoms with van der Waals surface area (Å²) in [6.07, 6.45) is 9.33. The molecule has 4 heteroatoms. The van der Waals surface area contributed by atoms with Crippen LogP contribution in [0.15, 0.2) is 35.5 Å². The van der Waals surface area contributed by atoms with E-state index in [0.29, 0.717) is 17.2 Å². The maximum absolute atomic E-state index is 12.0. The number of hydrogen-bond donors (Lipinski definition) is 2. The fourth-order valence-corrected chi connectivity index (χ4v) is 2.11. The number of benzene rings is 1. The van der Waals surface area contributed by atoms with Crippen molar-refractivity contribution in [3.63, 3.8) is 0 Å². The van der Waals surface area contributed by atoms with Gasteiger partial charge in [-0.25, -0.2) is 5.43 Å². The van der Waals surface area contributed by atoms with Gasteiger partial charge < -0.3 is 5.73 Å². The Balaban J connectivity index is 1.95. The third-order valence-corrected chi connectivity index (χ3v) is 3.38. The van der Waals surface area contributed by atoms with E-state index in [-0.39, 0.29) is 5.91 Å². The quantitative estimate of drug-likeness (QED) is 0.378. The number of carbonyl (C=O) groups is 1. The highest BCUT2D eigenvalue weighted by Gasteiger charge is 2.10. The minimum absolute atomic E-state index is 0.215. The lowest BCUT2D eigenvalue weighted by atomic mass is 9.96. The number of carbonyl (C=O) groups excluding carboxylic acids is 1. The molecule has 4 nitrogen and oxygen atoms in total. The van der Waals surface area contributed by atoms with Crippen molar-refractivity contribution in [1.82, 2.24) is 5.43 Å². The lowest BCUT2D eigenvalue weighted by Gasteiger charge is -2.12. The second-order valence-corrected chi connectivity index (χ2v) is 4.78. The average molecular weight is 257 g/mol. The van der Waals surface area contributed by atoms with Crippen LogP contribution in [0.4, 0.5) is 5.69 Å². The minimum atomic E-state index is -0.215. The molecule has 1 aromatic carbocycles. The van der Waals surface area contributed by atoms with E-state index in [0.717, 1.165) is 24.8 Å². The Kier molecular flexibility index (Phi) is 4.34. The molecule has 2 rings (SSSR count). The number of nitrogens with zero attached hydrogens (tertiary/aromatic N) is 1. The van der Waals surface area contributed by atoms with Crippen molar-refractivity contribution in [3.05, 3.63) is 41.5 Å². The van der Waals surface area contributed by atoms with E-state index < -0.39 is 0 Å². The van der Waals surface area contributed by atoms with Crippen molar-refractivity contribution in [1.29, 1.82) is 0 Å². The largest absolute Gasteiger partial charge is 0.398 e. The molecule has 0 saturated heterocycles. The van der Waals surface area contributed by atoms with Gasteiger partial charge in [-0.05, 0) is 49.8 Å². The number of rotatable bonds is 3. The first-order chi connectivity index (χ1) is 9.18. The van der Waals surface area contributed by atoms with Crippen LogP contribution in [-0.4, -0.2) is 12.1 Å². The number of nitrogens with one attached hydrogen (secondary N) is 1. The number of hydrazone groups is 1. The van der Waals surface area contributed by atoms with Gasteiger partial charge in [-0.2, -0.15) is 5.10 Å². The lowest BCUT2D eigenvalue weighted by molar-refractivity contribution is 0.0954. The predicted octanol–water partition coefficient (Wildman–Crippen LogP) is 2.65. The van der Waals surface area contributed by atoms with Crippen LogP contribution in [0.5, 0.6) is 0 Å². The third kappa shape index (κ3) is 3.44. The van der Waals surface area contributed by atoms with Gasteiger partial charge in [-0.3, -0.25) is 4.79 Å². The molecule has 0 bridgehead atoms. The van der Waals surface area contributed by atoms with E-state index in [1.807, 2.05) is 13.1 Å². The SMILES string of the molecule is Cc1c(N)cccc1C(=O)N/N=C/C1CC=CCC1. The maximum atomic E-state index is 12.0. The van der Waals surface area contributed by atoms with Gasteiger partial charge in [0, 0.05) is 17.5 Å². The van der Waals surface area contributed by atoms with Gasteiger partial charge in [0.25, 0.3) is 5.91 Å². The first-order valence-electron chi connectivity index (χ1n) is 6.52. The summed E-state index contributed by atoms with van der Waals surface area (Å²) in [7, 11) is 0. The van der Waals surface area contributed by atoms with Crippen LogP contribution < -0.4 is 11.2 Å². The highest BCUT2D eigenvalue weighted by Crippen LogP contribution is 2.16. The number of hydrogen-bond acceptors (Lipinski definition) is 3. The molecule has 0 spiro atoms. The standard InChI is InChI=1S/C15H19N3O/c1-11-13(8-5-9-14(11)16)15(19)18-17-10-12-6-3-2-4-7-12/h2-3,5,8-10,12H,4,6-7,16H2,1H3,(H,18,19)/b17-10+. The molecule has 0 radical (unpaired) electrons. The Morgan fingerprint density at radius 2 is 2.32 bits per heavy atom. The van der Waals surface area contributed by atoms with Crippen LogP contribution >= 0.6 is 0 Å². The average Bonchev–Trinajstić information content (AvgIpc) is 2.43. The molecule has 0 heterocycles. The van der Waals surface area contributed by atoms with E-state index >= 15 is 0 Å². The Bertz CT molecular complexity index is 520. The number of nitrogen functional groups attached to an aromatic ring is 1. The van der Waals surface area contributed by atoms with Gasteiger partial charge in [0.1, 0.15) is 0 Å². The highest BCUT2D eigenvalue weighted by atomic mass is 16.2. The monoisotopic (exact) mass is 257 g/mol. The minimum Gasteiger partial charge on any atom is -0.398 e. The van der Waals surface area contributed by atoms with E-state index in [4.69, 9.17) is 5.73 Å². The molecule has 0 aromatic heterocycles. The molecule has 1 amide bonds. The van der Waals surface area contributed by atoms with Crippen LogP contribution in [0.1, 0.15) is 35.2 Å². The van der Waals surface area contributed by atoms with E-state index in [1.54, 1.807) is 18.2 Å². The summed E-state index contributed by atoms with van der Waals surface area (Å²) in [5.74, 6) is 0.208. The van der Waals surface area contributed by atoms with Crippen molar-refractivity contribution in [2.24, 2.45) is 11.0 Å². The maximum Gasteiger partial charge on any atom is 0.271 e. The molecular weight excluding hydrogens is 238 g/mol. The second kappa shape index (κ2) is 6.18. The molecule has 1 atom stereocenters. The Morgan fingerprint density at radius 1 is 1.47 bits per heavy atom. The zero-order valence-electron chi connectivity index (χ0n) is 11.1. The van der Waals surface area contributed by atoms with Gasteiger partial charge >= 0.3 is 0 Å². The summed E-state index contributed by atoms with van der Waals surface area (Å²) in [5.41, 5.74) is 10.3. The van der Waals surface area contributed by atoms with Crippen LogP contribution in [0, 0.1) is 12.8 Å². The van der Waals surface area contributed by atoms with Crippen molar-refractivity contribution >= 4 is 17.8 Å². The Labute approximate surface area is 113 Å². The van der Waals surface area contributed by atoms with Crippen molar-refractivity contribution in [3.8, 4) is 0 Å². The van der Waals surface area contributed by atoms with Crippen molar-refractivity contribution < 1.29 is 4.79 Å². The summed E-state index contributed by atoms with van der Waals surface area (Å²) < 4.78 is 0. The summed E-state index contributed by atoms with van der Waals surface area (Å²) in [6.45, 7) is 1.83. The lowest BCUT2D eigenvalue weighted by Crippen LogP contribution is -2.20. The zero-order valence-corrected chi connectivity index (χ0v) is 11.1. The zero-order chi connectivity index (χ0) is 13.7. The van der Waals surface area contributed by atoms with Gasteiger partial charge in [0.05, 0.1) is 0 Å². The van der Waals surface area contributed by atoms with Crippen LogP contribution in [0.2, 0.25) is 0 Å².